The van der Waals surface area contributed by atoms with Gasteiger partial charge in [-0.25, -0.2) is 0 Å². The third-order valence-corrected chi connectivity index (χ3v) is 2.80. The van der Waals surface area contributed by atoms with Crippen molar-refractivity contribution in [2.45, 2.75) is 38.8 Å². The number of hydrogen-bond acceptors (Lipinski definition) is 3. The van der Waals surface area contributed by atoms with Gasteiger partial charge in [-0.1, -0.05) is 25.5 Å². The number of benzene rings is 1. The Morgan fingerprint density at radius 1 is 1.35 bits per heavy atom. The Hall–Kier alpha value is -1.69. The highest BCUT2D eigenvalue weighted by Crippen LogP contribution is 2.14. The fourth-order valence-electron chi connectivity index (χ4n) is 1.74. The molecule has 1 rings (SSSR count). The fourth-order valence-corrected chi connectivity index (χ4v) is 1.74. The topological polar surface area (TPSA) is 64.4 Å². The van der Waals surface area contributed by atoms with E-state index in [4.69, 9.17) is 5.73 Å². The minimum absolute atomic E-state index is 0.123. The molecule has 1 aromatic carbocycles. The van der Waals surface area contributed by atoms with Crippen LogP contribution in [0.5, 0.6) is 5.75 Å². The first kappa shape index (κ1) is 16.4. The predicted molar refractivity (Wildman–Crippen MR) is 72.7 cm³/mol. The molecule has 0 bridgehead atoms. The van der Waals surface area contributed by atoms with E-state index in [2.05, 4.69) is 10.1 Å². The third kappa shape index (κ3) is 5.97. The maximum absolute atomic E-state index is 12.0. The second kappa shape index (κ2) is 8.47. The van der Waals surface area contributed by atoms with Crippen LogP contribution < -0.4 is 15.8 Å². The van der Waals surface area contributed by atoms with Gasteiger partial charge in [0.05, 0.1) is 6.04 Å². The average Bonchev–Trinajstić information content (AvgIpc) is 2.40. The maximum Gasteiger partial charge on any atom is 0.387 e. The van der Waals surface area contributed by atoms with Gasteiger partial charge in [0.15, 0.2) is 0 Å². The summed E-state index contributed by atoms with van der Waals surface area (Å²) in [7, 11) is 0. The van der Waals surface area contributed by atoms with E-state index < -0.39 is 12.7 Å². The molecule has 0 aliphatic carbocycles. The first-order chi connectivity index (χ1) is 9.52. The number of nitrogens with two attached hydrogens (primary N) is 1. The van der Waals surface area contributed by atoms with E-state index in [1.54, 1.807) is 12.1 Å². The second-order valence-electron chi connectivity index (χ2n) is 4.46. The summed E-state index contributed by atoms with van der Waals surface area (Å²) in [5.74, 6) is -0.0396. The van der Waals surface area contributed by atoms with Crippen LogP contribution in [0.3, 0.4) is 0 Å². The van der Waals surface area contributed by atoms with Gasteiger partial charge in [0, 0.05) is 6.54 Å². The van der Waals surface area contributed by atoms with Gasteiger partial charge in [-0.05, 0) is 30.5 Å². The molecule has 112 valence electrons. The zero-order valence-corrected chi connectivity index (χ0v) is 11.4. The molecule has 3 N–H and O–H groups in total. The number of rotatable bonds is 8. The molecule has 1 amide bonds. The lowest BCUT2D eigenvalue weighted by Crippen LogP contribution is -2.41. The summed E-state index contributed by atoms with van der Waals surface area (Å²) in [6.45, 7) is -0.387. The van der Waals surface area contributed by atoms with Crippen molar-refractivity contribution in [2.75, 3.05) is 6.54 Å². The monoisotopic (exact) mass is 286 g/mol. The van der Waals surface area contributed by atoms with Crippen LogP contribution in [0.1, 0.15) is 25.3 Å². The minimum atomic E-state index is -2.82. The molecule has 0 aromatic heterocycles. The Labute approximate surface area is 117 Å². The number of carbonyl (C=O) groups excluding carboxylic acids is 1. The average molecular weight is 286 g/mol. The van der Waals surface area contributed by atoms with Crippen molar-refractivity contribution in [2.24, 2.45) is 5.73 Å². The number of ether oxygens (including phenoxy) is 1. The van der Waals surface area contributed by atoms with Crippen molar-refractivity contribution in [3.8, 4) is 5.75 Å². The summed E-state index contributed by atoms with van der Waals surface area (Å²) in [6, 6.07) is 5.87. The van der Waals surface area contributed by atoms with Crippen molar-refractivity contribution in [3.05, 3.63) is 29.8 Å². The lowest BCUT2D eigenvalue weighted by molar-refractivity contribution is -0.122. The quantitative estimate of drug-likeness (QED) is 0.769. The van der Waals surface area contributed by atoms with Crippen LogP contribution in [0, 0.1) is 0 Å². The van der Waals surface area contributed by atoms with E-state index in [1.165, 1.54) is 12.1 Å². The molecule has 0 spiro atoms. The molecule has 0 saturated heterocycles. The Kier molecular flexibility index (Phi) is 6.93. The van der Waals surface area contributed by atoms with Crippen LogP contribution in [-0.2, 0) is 11.2 Å². The molecule has 0 radical (unpaired) electrons. The molecule has 1 atom stereocenters. The van der Waals surface area contributed by atoms with Crippen LogP contribution in [0.4, 0.5) is 8.78 Å². The molecule has 0 aliphatic rings. The van der Waals surface area contributed by atoms with Gasteiger partial charge in [0.2, 0.25) is 5.91 Å². The van der Waals surface area contributed by atoms with E-state index in [0.717, 1.165) is 12.0 Å². The third-order valence-electron chi connectivity index (χ3n) is 2.80. The van der Waals surface area contributed by atoms with Gasteiger partial charge in [-0.2, -0.15) is 8.78 Å². The first-order valence-corrected chi connectivity index (χ1v) is 6.60. The highest BCUT2D eigenvalue weighted by atomic mass is 19.3. The number of carbonyl (C=O) groups is 1. The molecule has 1 aromatic rings. The highest BCUT2D eigenvalue weighted by molar-refractivity contribution is 5.81. The van der Waals surface area contributed by atoms with E-state index in [-0.39, 0.29) is 11.7 Å². The van der Waals surface area contributed by atoms with Crippen molar-refractivity contribution in [1.29, 1.82) is 0 Å². The standard InChI is InChI=1S/C14H20F2N2O2/c1-2-3-12(17)13(19)18-9-8-10-4-6-11(7-5-10)20-14(15)16/h4-7,12,14H,2-3,8-9,17H2,1H3,(H,18,19)/t12-/m1/s1. The smallest absolute Gasteiger partial charge is 0.387 e. The zero-order valence-electron chi connectivity index (χ0n) is 11.4. The van der Waals surface area contributed by atoms with Crippen LogP contribution in [-0.4, -0.2) is 25.1 Å². The molecule has 0 aliphatic heterocycles. The van der Waals surface area contributed by atoms with E-state index >= 15 is 0 Å². The van der Waals surface area contributed by atoms with Crippen LogP contribution in [0.2, 0.25) is 0 Å². The Balaban J connectivity index is 2.33. The van der Waals surface area contributed by atoms with E-state index in [1.807, 2.05) is 6.92 Å². The van der Waals surface area contributed by atoms with Gasteiger partial charge < -0.3 is 15.8 Å². The van der Waals surface area contributed by atoms with Crippen molar-refractivity contribution in [1.82, 2.24) is 5.32 Å². The maximum atomic E-state index is 12.0. The second-order valence-corrected chi connectivity index (χ2v) is 4.46. The fraction of sp³-hybridized carbons (Fsp3) is 0.500. The normalized spacial score (nSPS) is 12.2. The van der Waals surface area contributed by atoms with Crippen LogP contribution in [0.15, 0.2) is 24.3 Å². The molecule has 20 heavy (non-hydrogen) atoms. The van der Waals surface area contributed by atoms with Crippen molar-refractivity contribution < 1.29 is 18.3 Å². The zero-order chi connectivity index (χ0) is 15.0. The number of amides is 1. The Morgan fingerprint density at radius 2 is 2.00 bits per heavy atom. The van der Waals surface area contributed by atoms with Gasteiger partial charge >= 0.3 is 6.61 Å². The van der Waals surface area contributed by atoms with Gasteiger partial charge in [-0.3, -0.25) is 4.79 Å². The molecular formula is C14H20F2N2O2. The SMILES string of the molecule is CCC[C@@H](N)C(=O)NCCc1ccc(OC(F)F)cc1. The molecule has 6 heteroatoms. The van der Waals surface area contributed by atoms with Crippen molar-refractivity contribution in [3.63, 3.8) is 0 Å². The van der Waals surface area contributed by atoms with Crippen molar-refractivity contribution >= 4 is 5.91 Å². The number of nitrogens with one attached hydrogen (secondary N) is 1. The minimum Gasteiger partial charge on any atom is -0.435 e. The number of hydrogen-bond donors (Lipinski definition) is 2. The number of alkyl halides is 2. The van der Waals surface area contributed by atoms with Gasteiger partial charge in [-0.15, -0.1) is 0 Å². The van der Waals surface area contributed by atoms with E-state index in [9.17, 15) is 13.6 Å². The van der Waals surface area contributed by atoms with E-state index in [0.29, 0.717) is 19.4 Å². The first-order valence-electron chi connectivity index (χ1n) is 6.60. The molecule has 0 heterocycles. The predicted octanol–water partition coefficient (Wildman–Crippen LogP) is 2.07. The molecular weight excluding hydrogens is 266 g/mol. The Morgan fingerprint density at radius 3 is 2.55 bits per heavy atom. The Bertz CT molecular complexity index is 410. The summed E-state index contributed by atoms with van der Waals surface area (Å²) in [6.07, 6.45) is 2.13. The highest BCUT2D eigenvalue weighted by Gasteiger charge is 2.11. The summed E-state index contributed by atoms with van der Waals surface area (Å²) in [5, 5.41) is 2.75. The molecule has 0 unspecified atom stereocenters. The van der Waals surface area contributed by atoms with Crippen LogP contribution in [0.25, 0.3) is 0 Å². The lowest BCUT2D eigenvalue weighted by Gasteiger charge is -2.11. The lowest BCUT2D eigenvalue weighted by atomic mass is 10.1. The largest absolute Gasteiger partial charge is 0.435 e. The van der Waals surface area contributed by atoms with Gasteiger partial charge in [0.1, 0.15) is 5.75 Å². The summed E-state index contributed by atoms with van der Waals surface area (Å²) < 4.78 is 28.2. The molecule has 4 nitrogen and oxygen atoms in total. The van der Waals surface area contributed by atoms with Crippen LogP contribution >= 0.6 is 0 Å². The summed E-state index contributed by atoms with van der Waals surface area (Å²) in [5.41, 5.74) is 6.60. The number of halogens is 2. The summed E-state index contributed by atoms with van der Waals surface area (Å²) in [4.78, 5) is 11.6. The van der Waals surface area contributed by atoms with Gasteiger partial charge in [0.25, 0.3) is 0 Å². The summed E-state index contributed by atoms with van der Waals surface area (Å²) >= 11 is 0. The molecule has 0 saturated carbocycles. The molecule has 0 fully saturated rings.